The first-order valence-electron chi connectivity index (χ1n) is 7.43. The molecule has 0 radical (unpaired) electrons. The molecule has 0 unspecified atom stereocenters. The Morgan fingerprint density at radius 3 is 2.64 bits per heavy atom. The molecule has 0 aliphatic carbocycles. The number of carbonyl (C=O) groups is 1. The standard InChI is InChI=1S/C18H19NO3/c1-21-16-10-4-5-11-17(16)22-13-18(20)19-12-6-8-14-7-2-3-9-15(14)19/h2-5,7,9-11H,6,8,12-13H2,1H3. The van der Waals surface area contributed by atoms with Crippen molar-refractivity contribution in [3.63, 3.8) is 0 Å². The molecule has 0 saturated carbocycles. The van der Waals surface area contributed by atoms with Crippen molar-refractivity contribution < 1.29 is 14.3 Å². The number of benzene rings is 2. The van der Waals surface area contributed by atoms with Crippen molar-refractivity contribution >= 4 is 11.6 Å². The summed E-state index contributed by atoms with van der Waals surface area (Å²) < 4.78 is 10.9. The van der Waals surface area contributed by atoms with Crippen molar-refractivity contribution in [3.8, 4) is 11.5 Å². The summed E-state index contributed by atoms with van der Waals surface area (Å²) in [4.78, 5) is 14.3. The second-order valence-electron chi connectivity index (χ2n) is 5.22. The fourth-order valence-electron chi connectivity index (χ4n) is 2.75. The number of carbonyl (C=O) groups excluding carboxylic acids is 1. The van der Waals surface area contributed by atoms with E-state index >= 15 is 0 Å². The number of anilines is 1. The predicted octanol–water partition coefficient (Wildman–Crippen LogP) is 3.05. The lowest BCUT2D eigenvalue weighted by Crippen LogP contribution is -2.38. The molecule has 0 saturated heterocycles. The maximum atomic E-state index is 12.5. The van der Waals surface area contributed by atoms with Gasteiger partial charge in [-0.1, -0.05) is 30.3 Å². The van der Waals surface area contributed by atoms with Gasteiger partial charge in [0.1, 0.15) is 0 Å². The van der Waals surface area contributed by atoms with Gasteiger partial charge in [-0.05, 0) is 36.6 Å². The molecule has 0 atom stereocenters. The molecule has 1 heterocycles. The Balaban J connectivity index is 1.71. The van der Waals surface area contributed by atoms with Crippen LogP contribution in [0.3, 0.4) is 0 Å². The van der Waals surface area contributed by atoms with E-state index in [-0.39, 0.29) is 12.5 Å². The minimum Gasteiger partial charge on any atom is -0.493 e. The van der Waals surface area contributed by atoms with Crippen LogP contribution in [0.5, 0.6) is 11.5 Å². The lowest BCUT2D eigenvalue weighted by atomic mass is 10.0. The Bertz CT molecular complexity index is 669. The molecular weight excluding hydrogens is 278 g/mol. The van der Waals surface area contributed by atoms with Crippen LogP contribution in [0.4, 0.5) is 5.69 Å². The van der Waals surface area contributed by atoms with Gasteiger partial charge in [0.15, 0.2) is 18.1 Å². The highest BCUT2D eigenvalue weighted by molar-refractivity contribution is 5.95. The largest absolute Gasteiger partial charge is 0.493 e. The molecule has 0 N–H and O–H groups in total. The van der Waals surface area contributed by atoms with Gasteiger partial charge in [0.25, 0.3) is 5.91 Å². The molecule has 2 aromatic rings. The molecule has 0 bridgehead atoms. The zero-order valence-electron chi connectivity index (χ0n) is 12.6. The molecular formula is C18H19NO3. The lowest BCUT2D eigenvalue weighted by molar-refractivity contribution is -0.120. The highest BCUT2D eigenvalue weighted by Crippen LogP contribution is 2.28. The zero-order chi connectivity index (χ0) is 15.4. The summed E-state index contributed by atoms with van der Waals surface area (Å²) >= 11 is 0. The zero-order valence-corrected chi connectivity index (χ0v) is 12.6. The van der Waals surface area contributed by atoms with Gasteiger partial charge >= 0.3 is 0 Å². The summed E-state index contributed by atoms with van der Waals surface area (Å²) in [6.45, 7) is 0.750. The first kappa shape index (κ1) is 14.4. The van der Waals surface area contributed by atoms with Crippen LogP contribution in [-0.4, -0.2) is 26.2 Å². The van der Waals surface area contributed by atoms with Gasteiger partial charge in [0.2, 0.25) is 0 Å². The van der Waals surface area contributed by atoms with Gasteiger partial charge in [0.05, 0.1) is 7.11 Å². The molecule has 1 aliphatic heterocycles. The third-order valence-corrected chi connectivity index (χ3v) is 3.83. The average Bonchev–Trinajstić information content (AvgIpc) is 2.59. The van der Waals surface area contributed by atoms with Gasteiger partial charge < -0.3 is 14.4 Å². The number of hydrogen-bond donors (Lipinski definition) is 0. The van der Waals surface area contributed by atoms with Crippen molar-refractivity contribution in [2.75, 3.05) is 25.2 Å². The quantitative estimate of drug-likeness (QED) is 0.870. The Morgan fingerprint density at radius 2 is 1.82 bits per heavy atom. The van der Waals surface area contributed by atoms with Gasteiger partial charge in [-0.25, -0.2) is 0 Å². The summed E-state index contributed by atoms with van der Waals surface area (Å²) in [7, 11) is 1.59. The van der Waals surface area contributed by atoms with Crippen LogP contribution in [0.15, 0.2) is 48.5 Å². The maximum Gasteiger partial charge on any atom is 0.264 e. The van der Waals surface area contributed by atoms with Gasteiger partial charge in [-0.15, -0.1) is 0 Å². The number of rotatable bonds is 4. The van der Waals surface area contributed by atoms with E-state index in [4.69, 9.17) is 9.47 Å². The SMILES string of the molecule is COc1ccccc1OCC(=O)N1CCCc2ccccc21. The van der Waals surface area contributed by atoms with Crippen LogP contribution in [0.2, 0.25) is 0 Å². The minimum absolute atomic E-state index is 0.00864. The summed E-state index contributed by atoms with van der Waals surface area (Å²) in [6, 6.07) is 15.4. The molecule has 22 heavy (non-hydrogen) atoms. The van der Waals surface area contributed by atoms with Gasteiger partial charge in [-0.2, -0.15) is 0 Å². The maximum absolute atomic E-state index is 12.5. The Hall–Kier alpha value is -2.49. The normalized spacial score (nSPS) is 13.4. The Morgan fingerprint density at radius 1 is 1.09 bits per heavy atom. The second kappa shape index (κ2) is 6.52. The summed E-state index contributed by atoms with van der Waals surface area (Å²) in [5, 5.41) is 0. The molecule has 1 aliphatic rings. The number of para-hydroxylation sites is 3. The fraction of sp³-hybridized carbons (Fsp3) is 0.278. The highest BCUT2D eigenvalue weighted by Gasteiger charge is 2.22. The molecule has 4 nitrogen and oxygen atoms in total. The molecule has 0 aromatic heterocycles. The third kappa shape index (κ3) is 2.91. The molecule has 114 valence electrons. The van der Waals surface area contributed by atoms with Crippen LogP contribution in [0.25, 0.3) is 0 Å². The smallest absolute Gasteiger partial charge is 0.264 e. The van der Waals surface area contributed by atoms with E-state index < -0.39 is 0 Å². The first-order valence-corrected chi connectivity index (χ1v) is 7.43. The van der Waals surface area contributed by atoms with Crippen molar-refractivity contribution in [3.05, 3.63) is 54.1 Å². The van der Waals surface area contributed by atoms with Crippen molar-refractivity contribution in [2.24, 2.45) is 0 Å². The highest BCUT2D eigenvalue weighted by atomic mass is 16.5. The van der Waals surface area contributed by atoms with Crippen LogP contribution in [-0.2, 0) is 11.2 Å². The number of nitrogens with zero attached hydrogens (tertiary/aromatic N) is 1. The minimum atomic E-state index is -0.0296. The molecule has 3 rings (SSSR count). The number of aryl methyl sites for hydroxylation is 1. The second-order valence-corrected chi connectivity index (χ2v) is 5.22. The lowest BCUT2D eigenvalue weighted by Gasteiger charge is -2.29. The van der Waals surface area contributed by atoms with E-state index in [9.17, 15) is 4.79 Å². The number of hydrogen-bond acceptors (Lipinski definition) is 3. The molecule has 1 amide bonds. The number of ether oxygens (including phenoxy) is 2. The predicted molar refractivity (Wildman–Crippen MR) is 85.6 cm³/mol. The van der Waals surface area contributed by atoms with E-state index in [1.807, 2.05) is 41.3 Å². The number of methoxy groups -OCH3 is 1. The third-order valence-electron chi connectivity index (χ3n) is 3.83. The van der Waals surface area contributed by atoms with Crippen LogP contribution >= 0.6 is 0 Å². The van der Waals surface area contributed by atoms with E-state index in [0.717, 1.165) is 25.1 Å². The van der Waals surface area contributed by atoms with Crippen molar-refractivity contribution in [2.45, 2.75) is 12.8 Å². The van der Waals surface area contributed by atoms with Crippen LogP contribution < -0.4 is 14.4 Å². The average molecular weight is 297 g/mol. The number of fused-ring (bicyclic) bond motifs is 1. The molecule has 4 heteroatoms. The Labute approximate surface area is 130 Å². The van der Waals surface area contributed by atoms with E-state index in [1.54, 1.807) is 13.2 Å². The summed E-state index contributed by atoms with van der Waals surface area (Å²) in [5.74, 6) is 1.19. The van der Waals surface area contributed by atoms with Gasteiger partial charge in [-0.3, -0.25) is 4.79 Å². The number of amides is 1. The fourth-order valence-corrected chi connectivity index (χ4v) is 2.75. The summed E-state index contributed by atoms with van der Waals surface area (Å²) in [5.41, 5.74) is 2.22. The molecule has 0 spiro atoms. The van der Waals surface area contributed by atoms with E-state index in [0.29, 0.717) is 11.5 Å². The van der Waals surface area contributed by atoms with E-state index in [2.05, 4.69) is 6.07 Å². The van der Waals surface area contributed by atoms with Crippen LogP contribution in [0, 0.1) is 0 Å². The van der Waals surface area contributed by atoms with Gasteiger partial charge in [0, 0.05) is 12.2 Å². The molecule has 0 fully saturated rings. The monoisotopic (exact) mass is 297 g/mol. The molecule has 2 aromatic carbocycles. The van der Waals surface area contributed by atoms with Crippen molar-refractivity contribution in [1.29, 1.82) is 0 Å². The van der Waals surface area contributed by atoms with Crippen LogP contribution in [0.1, 0.15) is 12.0 Å². The Kier molecular flexibility index (Phi) is 4.28. The van der Waals surface area contributed by atoms with Crippen molar-refractivity contribution in [1.82, 2.24) is 0 Å². The van der Waals surface area contributed by atoms with E-state index in [1.165, 1.54) is 5.56 Å². The summed E-state index contributed by atoms with van der Waals surface area (Å²) in [6.07, 6.45) is 2.00. The topological polar surface area (TPSA) is 38.8 Å². The first-order chi connectivity index (χ1) is 10.8.